The van der Waals surface area contributed by atoms with Crippen molar-refractivity contribution in [3.05, 3.63) is 35.4 Å². The van der Waals surface area contributed by atoms with E-state index in [0.717, 1.165) is 18.1 Å². The molecule has 0 aliphatic carbocycles. The Morgan fingerprint density at radius 1 is 1.31 bits per heavy atom. The van der Waals surface area contributed by atoms with E-state index in [1.165, 1.54) is 5.56 Å². The van der Waals surface area contributed by atoms with Gasteiger partial charge in [0.15, 0.2) is 0 Å². The molecule has 0 saturated heterocycles. The average Bonchev–Trinajstić information content (AvgIpc) is 2.25. The summed E-state index contributed by atoms with van der Waals surface area (Å²) in [6.07, 6.45) is 0. The zero-order valence-electron chi connectivity index (χ0n) is 9.64. The van der Waals surface area contributed by atoms with Gasteiger partial charge >= 0.3 is 5.97 Å². The maximum absolute atomic E-state index is 10.6. The van der Waals surface area contributed by atoms with Crippen LogP contribution in [0.2, 0.25) is 0 Å². The second-order valence-electron chi connectivity index (χ2n) is 3.86. The summed E-state index contributed by atoms with van der Waals surface area (Å²) < 4.78 is 0. The second-order valence-corrected chi connectivity index (χ2v) is 4.96. The molecule has 88 valence electrons. The topological polar surface area (TPSA) is 40.5 Å². The maximum Gasteiger partial charge on any atom is 0.335 e. The molecule has 1 aromatic rings. The summed E-state index contributed by atoms with van der Waals surface area (Å²) in [5.74, 6) is 1.16. The minimum Gasteiger partial charge on any atom is -0.478 e. The van der Waals surface area contributed by atoms with Crippen molar-refractivity contribution in [3.8, 4) is 0 Å². The molecule has 0 spiro atoms. The number of aromatic carboxylic acids is 1. The Bertz CT molecular complexity index is 335. The molecule has 0 atom stereocenters. The van der Waals surface area contributed by atoms with E-state index in [9.17, 15) is 4.79 Å². The number of thioether (sulfide) groups is 1. The highest BCUT2D eigenvalue weighted by Crippen LogP contribution is 2.13. The van der Waals surface area contributed by atoms with Crippen LogP contribution in [0.4, 0.5) is 0 Å². The van der Waals surface area contributed by atoms with Crippen LogP contribution < -0.4 is 0 Å². The van der Waals surface area contributed by atoms with E-state index in [4.69, 9.17) is 5.11 Å². The van der Waals surface area contributed by atoms with Crippen LogP contribution in [0.25, 0.3) is 0 Å². The van der Waals surface area contributed by atoms with Crippen LogP contribution in [0.15, 0.2) is 24.3 Å². The molecule has 3 nitrogen and oxygen atoms in total. The van der Waals surface area contributed by atoms with Gasteiger partial charge in [-0.15, -0.1) is 0 Å². The van der Waals surface area contributed by atoms with Crippen LogP contribution in [-0.2, 0) is 5.75 Å². The van der Waals surface area contributed by atoms with Crippen LogP contribution in [0.3, 0.4) is 0 Å². The Kier molecular flexibility index (Phi) is 5.35. The molecule has 0 aromatic heterocycles. The average molecular weight is 239 g/mol. The number of hydrogen-bond acceptors (Lipinski definition) is 3. The highest BCUT2D eigenvalue weighted by atomic mass is 32.2. The molecule has 0 heterocycles. The van der Waals surface area contributed by atoms with E-state index >= 15 is 0 Å². The van der Waals surface area contributed by atoms with Crippen LogP contribution in [-0.4, -0.2) is 42.4 Å². The molecule has 0 radical (unpaired) electrons. The smallest absolute Gasteiger partial charge is 0.335 e. The molecule has 4 heteroatoms. The van der Waals surface area contributed by atoms with E-state index in [1.54, 1.807) is 12.1 Å². The van der Waals surface area contributed by atoms with Gasteiger partial charge in [-0.05, 0) is 31.8 Å². The number of hydrogen-bond donors (Lipinski definition) is 1. The first-order valence-electron chi connectivity index (χ1n) is 5.14. The van der Waals surface area contributed by atoms with E-state index in [0.29, 0.717) is 5.56 Å². The molecule has 0 bridgehead atoms. The lowest BCUT2D eigenvalue weighted by atomic mass is 10.1. The quantitative estimate of drug-likeness (QED) is 0.772. The van der Waals surface area contributed by atoms with Crippen molar-refractivity contribution in [1.29, 1.82) is 0 Å². The summed E-state index contributed by atoms with van der Waals surface area (Å²) in [6, 6.07) is 7.08. The Morgan fingerprint density at radius 2 is 1.94 bits per heavy atom. The molecular weight excluding hydrogens is 222 g/mol. The van der Waals surface area contributed by atoms with Gasteiger partial charge in [0, 0.05) is 18.1 Å². The molecule has 0 unspecified atom stereocenters. The highest BCUT2D eigenvalue weighted by molar-refractivity contribution is 7.98. The van der Waals surface area contributed by atoms with Crippen molar-refractivity contribution in [2.45, 2.75) is 5.75 Å². The van der Waals surface area contributed by atoms with Crippen molar-refractivity contribution in [1.82, 2.24) is 4.90 Å². The van der Waals surface area contributed by atoms with Crippen molar-refractivity contribution < 1.29 is 9.90 Å². The maximum atomic E-state index is 10.6. The van der Waals surface area contributed by atoms with Crippen molar-refractivity contribution in [2.75, 3.05) is 26.4 Å². The summed E-state index contributed by atoms with van der Waals surface area (Å²) in [5.41, 5.74) is 1.52. The SMILES string of the molecule is CN(C)CCSCc1ccc(C(=O)O)cc1. The third-order valence-corrected chi connectivity index (χ3v) is 3.16. The van der Waals surface area contributed by atoms with Gasteiger partial charge in [-0.2, -0.15) is 11.8 Å². The summed E-state index contributed by atoms with van der Waals surface area (Å²) in [5, 5.41) is 8.74. The lowest BCUT2D eigenvalue weighted by molar-refractivity contribution is 0.0697. The van der Waals surface area contributed by atoms with E-state index in [1.807, 2.05) is 23.9 Å². The van der Waals surface area contributed by atoms with Gasteiger partial charge in [0.25, 0.3) is 0 Å². The van der Waals surface area contributed by atoms with Crippen molar-refractivity contribution >= 4 is 17.7 Å². The zero-order chi connectivity index (χ0) is 12.0. The molecule has 1 N–H and O–H groups in total. The Hall–Kier alpha value is -1.00. The molecule has 0 aliphatic rings. The van der Waals surface area contributed by atoms with Crippen LogP contribution in [0.5, 0.6) is 0 Å². The standard InChI is InChI=1S/C12H17NO2S/c1-13(2)7-8-16-9-10-3-5-11(6-4-10)12(14)15/h3-6H,7-9H2,1-2H3,(H,14,15). The van der Waals surface area contributed by atoms with E-state index < -0.39 is 5.97 Å². The summed E-state index contributed by atoms with van der Waals surface area (Å²) in [4.78, 5) is 12.8. The van der Waals surface area contributed by atoms with Gasteiger partial charge in [-0.25, -0.2) is 4.79 Å². The normalized spacial score (nSPS) is 10.7. The fourth-order valence-electron chi connectivity index (χ4n) is 1.18. The molecule has 0 amide bonds. The van der Waals surface area contributed by atoms with E-state index in [2.05, 4.69) is 19.0 Å². The lowest BCUT2D eigenvalue weighted by Crippen LogP contribution is -2.14. The summed E-state index contributed by atoms with van der Waals surface area (Å²) in [7, 11) is 4.12. The number of rotatable bonds is 6. The number of carbonyl (C=O) groups is 1. The fraction of sp³-hybridized carbons (Fsp3) is 0.417. The van der Waals surface area contributed by atoms with Crippen LogP contribution >= 0.6 is 11.8 Å². The van der Waals surface area contributed by atoms with Crippen LogP contribution in [0, 0.1) is 0 Å². The first kappa shape index (κ1) is 13.1. The lowest BCUT2D eigenvalue weighted by Gasteiger charge is -2.08. The van der Waals surface area contributed by atoms with Gasteiger partial charge in [0.1, 0.15) is 0 Å². The predicted octanol–water partition coefficient (Wildman–Crippen LogP) is 2.18. The molecule has 16 heavy (non-hydrogen) atoms. The minimum atomic E-state index is -0.869. The summed E-state index contributed by atoms with van der Waals surface area (Å²) in [6.45, 7) is 1.07. The molecule has 0 fully saturated rings. The van der Waals surface area contributed by atoms with Crippen molar-refractivity contribution in [3.63, 3.8) is 0 Å². The molecule has 1 rings (SSSR count). The monoisotopic (exact) mass is 239 g/mol. The number of benzene rings is 1. The summed E-state index contributed by atoms with van der Waals surface area (Å²) >= 11 is 1.86. The largest absolute Gasteiger partial charge is 0.478 e. The predicted molar refractivity (Wildman–Crippen MR) is 68.1 cm³/mol. The van der Waals surface area contributed by atoms with Gasteiger partial charge in [-0.3, -0.25) is 0 Å². The van der Waals surface area contributed by atoms with Crippen LogP contribution in [0.1, 0.15) is 15.9 Å². The Balaban J connectivity index is 2.35. The number of nitrogens with zero attached hydrogens (tertiary/aromatic N) is 1. The highest BCUT2D eigenvalue weighted by Gasteiger charge is 2.01. The zero-order valence-corrected chi connectivity index (χ0v) is 10.5. The Morgan fingerprint density at radius 3 is 2.44 bits per heavy atom. The van der Waals surface area contributed by atoms with Crippen molar-refractivity contribution in [2.24, 2.45) is 0 Å². The molecule has 0 saturated carbocycles. The van der Waals surface area contributed by atoms with Gasteiger partial charge in [0.2, 0.25) is 0 Å². The van der Waals surface area contributed by atoms with E-state index in [-0.39, 0.29) is 0 Å². The molecule has 0 aliphatic heterocycles. The molecular formula is C12H17NO2S. The van der Waals surface area contributed by atoms with Gasteiger partial charge < -0.3 is 10.0 Å². The first-order chi connectivity index (χ1) is 7.59. The third-order valence-electron chi connectivity index (χ3n) is 2.15. The number of carboxylic acids is 1. The second kappa shape index (κ2) is 6.55. The number of carboxylic acid groups (broad SMARTS) is 1. The molecule has 1 aromatic carbocycles. The fourth-order valence-corrected chi connectivity index (χ4v) is 2.25. The Labute approximate surface area is 100 Å². The third kappa shape index (κ3) is 4.68. The van der Waals surface area contributed by atoms with Gasteiger partial charge in [-0.1, -0.05) is 12.1 Å². The minimum absolute atomic E-state index is 0.349. The van der Waals surface area contributed by atoms with Gasteiger partial charge in [0.05, 0.1) is 5.56 Å². The first-order valence-corrected chi connectivity index (χ1v) is 6.30.